The van der Waals surface area contributed by atoms with Gasteiger partial charge in [0.05, 0.1) is 18.9 Å². The average molecular weight is 439 g/mol. The van der Waals surface area contributed by atoms with Crippen molar-refractivity contribution in [2.75, 3.05) is 13.7 Å². The van der Waals surface area contributed by atoms with Crippen molar-refractivity contribution in [2.45, 2.75) is 0 Å². The van der Waals surface area contributed by atoms with E-state index in [1.165, 1.54) is 13.3 Å². The average Bonchev–Trinajstić information content (AvgIpc) is 2.79. The number of ether oxygens (including phenoxy) is 3. The third kappa shape index (κ3) is 6.32. The Morgan fingerprint density at radius 3 is 2.29 bits per heavy atom. The summed E-state index contributed by atoms with van der Waals surface area (Å²) in [5.41, 5.74) is 3.24. The fourth-order valence-corrected chi connectivity index (χ4v) is 2.64. The van der Waals surface area contributed by atoms with Gasteiger partial charge in [-0.15, -0.1) is 0 Å². The third-order valence-electron chi connectivity index (χ3n) is 4.02. The van der Waals surface area contributed by atoms with Crippen LogP contribution in [0.4, 0.5) is 0 Å². The first kappa shape index (κ1) is 21.9. The summed E-state index contributed by atoms with van der Waals surface area (Å²) in [5.74, 6) is 0.272. The van der Waals surface area contributed by atoms with E-state index in [0.717, 1.165) is 0 Å². The van der Waals surface area contributed by atoms with E-state index in [-0.39, 0.29) is 6.61 Å². The van der Waals surface area contributed by atoms with Gasteiger partial charge in [0.25, 0.3) is 5.91 Å². The van der Waals surface area contributed by atoms with E-state index >= 15 is 0 Å². The maximum absolute atomic E-state index is 12.3. The molecule has 0 aromatic heterocycles. The molecule has 158 valence electrons. The smallest absolute Gasteiger partial charge is 0.343 e. The summed E-state index contributed by atoms with van der Waals surface area (Å²) in [7, 11) is 1.52. The molecule has 7 nitrogen and oxygen atoms in total. The van der Waals surface area contributed by atoms with Crippen molar-refractivity contribution in [3.63, 3.8) is 0 Å². The summed E-state index contributed by atoms with van der Waals surface area (Å²) in [6.07, 6.45) is 1.38. The molecule has 1 N–H and O–H groups in total. The Labute approximate surface area is 184 Å². The number of benzene rings is 3. The van der Waals surface area contributed by atoms with Crippen molar-refractivity contribution in [3.05, 3.63) is 88.9 Å². The van der Waals surface area contributed by atoms with Crippen molar-refractivity contribution in [3.8, 4) is 17.2 Å². The molecule has 31 heavy (non-hydrogen) atoms. The van der Waals surface area contributed by atoms with Crippen LogP contribution >= 0.6 is 11.6 Å². The highest BCUT2D eigenvalue weighted by atomic mass is 35.5. The van der Waals surface area contributed by atoms with Crippen molar-refractivity contribution in [2.24, 2.45) is 5.10 Å². The Kier molecular flexibility index (Phi) is 7.61. The number of carbonyl (C=O) groups excluding carboxylic acids is 2. The number of halogens is 1. The topological polar surface area (TPSA) is 86.2 Å². The molecule has 0 atom stereocenters. The fraction of sp³-hybridized carbons (Fsp3) is 0.0870. The van der Waals surface area contributed by atoms with Crippen molar-refractivity contribution >= 4 is 29.7 Å². The van der Waals surface area contributed by atoms with Crippen LogP contribution in [0.15, 0.2) is 77.9 Å². The second kappa shape index (κ2) is 10.8. The highest BCUT2D eigenvalue weighted by Crippen LogP contribution is 2.25. The van der Waals surface area contributed by atoms with Gasteiger partial charge in [0.15, 0.2) is 18.1 Å². The van der Waals surface area contributed by atoms with Crippen LogP contribution in [0.2, 0.25) is 5.02 Å². The number of amides is 1. The van der Waals surface area contributed by atoms with Gasteiger partial charge in [-0.05, 0) is 48.5 Å². The van der Waals surface area contributed by atoms with Crippen LogP contribution in [0.1, 0.15) is 15.9 Å². The van der Waals surface area contributed by atoms with Gasteiger partial charge in [0.1, 0.15) is 5.75 Å². The quantitative estimate of drug-likeness (QED) is 0.248. The predicted molar refractivity (Wildman–Crippen MR) is 117 cm³/mol. The highest BCUT2D eigenvalue weighted by molar-refractivity contribution is 6.30. The zero-order valence-electron chi connectivity index (χ0n) is 16.6. The van der Waals surface area contributed by atoms with Crippen LogP contribution < -0.4 is 19.6 Å². The van der Waals surface area contributed by atoms with E-state index < -0.39 is 11.9 Å². The molecule has 0 aliphatic heterocycles. The molecule has 0 heterocycles. The van der Waals surface area contributed by atoms with E-state index in [4.69, 9.17) is 25.8 Å². The van der Waals surface area contributed by atoms with Gasteiger partial charge in [0.2, 0.25) is 0 Å². The van der Waals surface area contributed by atoms with E-state index in [1.807, 2.05) is 0 Å². The number of hydrazone groups is 1. The van der Waals surface area contributed by atoms with Crippen LogP contribution in [0.5, 0.6) is 17.2 Å². The predicted octanol–water partition coefficient (Wildman–Crippen LogP) is 4.10. The lowest BCUT2D eigenvalue weighted by atomic mass is 10.2. The van der Waals surface area contributed by atoms with Crippen molar-refractivity contribution in [1.29, 1.82) is 0 Å². The molecule has 3 rings (SSSR count). The van der Waals surface area contributed by atoms with Crippen LogP contribution in [-0.2, 0) is 4.79 Å². The molecule has 0 saturated heterocycles. The summed E-state index contributed by atoms with van der Waals surface area (Å²) in [4.78, 5) is 24.3. The van der Waals surface area contributed by atoms with Crippen molar-refractivity contribution in [1.82, 2.24) is 5.43 Å². The number of carbonyl (C=O) groups is 2. The number of methoxy groups -OCH3 is 1. The molecule has 8 heteroatoms. The molecule has 0 aliphatic rings. The zero-order valence-corrected chi connectivity index (χ0v) is 17.3. The van der Waals surface area contributed by atoms with Gasteiger partial charge in [-0.1, -0.05) is 35.9 Å². The van der Waals surface area contributed by atoms with Crippen LogP contribution in [0, 0.1) is 0 Å². The SMILES string of the molecule is COc1ccccc1OCC(=O)N/N=C/c1ccccc1OC(=O)c1ccc(Cl)cc1. The first-order chi connectivity index (χ1) is 15.1. The molecule has 0 aliphatic carbocycles. The Morgan fingerprint density at radius 1 is 0.935 bits per heavy atom. The van der Waals surface area contributed by atoms with E-state index in [0.29, 0.717) is 33.4 Å². The molecular weight excluding hydrogens is 420 g/mol. The third-order valence-corrected chi connectivity index (χ3v) is 4.27. The van der Waals surface area contributed by atoms with E-state index in [1.54, 1.807) is 72.8 Å². The molecule has 3 aromatic rings. The summed E-state index contributed by atoms with van der Waals surface area (Å²) in [6, 6.07) is 20.2. The van der Waals surface area contributed by atoms with Crippen LogP contribution in [0.3, 0.4) is 0 Å². The molecule has 0 saturated carbocycles. The first-order valence-electron chi connectivity index (χ1n) is 9.21. The lowest BCUT2D eigenvalue weighted by Gasteiger charge is -2.09. The molecule has 3 aromatic carbocycles. The minimum Gasteiger partial charge on any atom is -0.493 e. The fourth-order valence-electron chi connectivity index (χ4n) is 2.51. The Bertz CT molecular complexity index is 1080. The van der Waals surface area contributed by atoms with E-state index in [9.17, 15) is 9.59 Å². The molecular formula is C23H19ClN2O5. The maximum Gasteiger partial charge on any atom is 0.343 e. The summed E-state index contributed by atoms with van der Waals surface area (Å²) in [6.45, 7) is -0.245. The van der Waals surface area contributed by atoms with Gasteiger partial charge in [-0.2, -0.15) is 5.10 Å². The van der Waals surface area contributed by atoms with Crippen molar-refractivity contribution < 1.29 is 23.8 Å². The van der Waals surface area contributed by atoms with Gasteiger partial charge in [-0.3, -0.25) is 4.79 Å². The number of esters is 1. The summed E-state index contributed by atoms with van der Waals surface area (Å²) in [5, 5.41) is 4.43. The standard InChI is InChI=1S/C23H19ClN2O5/c1-29-20-8-4-5-9-21(20)30-15-22(27)26-25-14-17-6-2-3-7-19(17)31-23(28)16-10-12-18(24)13-11-16/h2-14H,15H2,1H3,(H,26,27)/b25-14+. The molecule has 1 amide bonds. The molecule has 0 unspecified atom stereocenters. The number of para-hydroxylation sites is 3. The van der Waals surface area contributed by atoms with Crippen LogP contribution in [0.25, 0.3) is 0 Å². The largest absolute Gasteiger partial charge is 0.493 e. The van der Waals surface area contributed by atoms with Gasteiger partial charge in [-0.25, -0.2) is 10.2 Å². The molecule has 0 spiro atoms. The highest BCUT2D eigenvalue weighted by Gasteiger charge is 2.11. The number of nitrogens with zero attached hydrogens (tertiary/aromatic N) is 1. The summed E-state index contributed by atoms with van der Waals surface area (Å²) < 4.78 is 16.0. The molecule has 0 bridgehead atoms. The maximum atomic E-state index is 12.3. The van der Waals surface area contributed by atoms with Gasteiger partial charge < -0.3 is 14.2 Å². The number of hydrogen-bond acceptors (Lipinski definition) is 6. The summed E-state index contributed by atoms with van der Waals surface area (Å²) >= 11 is 5.84. The van der Waals surface area contributed by atoms with Crippen LogP contribution in [-0.4, -0.2) is 31.8 Å². The number of nitrogens with one attached hydrogen (secondary N) is 1. The Balaban J connectivity index is 1.58. The molecule has 0 radical (unpaired) electrons. The first-order valence-corrected chi connectivity index (χ1v) is 9.59. The molecule has 0 fully saturated rings. The minimum absolute atomic E-state index is 0.245. The van der Waals surface area contributed by atoms with Gasteiger partial charge in [0, 0.05) is 10.6 Å². The Hall–Kier alpha value is -3.84. The second-order valence-electron chi connectivity index (χ2n) is 6.17. The Morgan fingerprint density at radius 2 is 1.58 bits per heavy atom. The normalized spacial score (nSPS) is 10.5. The second-order valence-corrected chi connectivity index (χ2v) is 6.60. The number of rotatable bonds is 8. The lowest BCUT2D eigenvalue weighted by molar-refractivity contribution is -0.123. The number of hydrogen-bond donors (Lipinski definition) is 1. The minimum atomic E-state index is -0.535. The van der Waals surface area contributed by atoms with Gasteiger partial charge >= 0.3 is 5.97 Å². The monoisotopic (exact) mass is 438 g/mol. The lowest BCUT2D eigenvalue weighted by Crippen LogP contribution is -2.24. The van der Waals surface area contributed by atoms with E-state index in [2.05, 4.69) is 10.5 Å². The zero-order chi connectivity index (χ0) is 22.1.